The number of aromatic nitrogens is 1. The Labute approximate surface area is 189 Å². The minimum absolute atomic E-state index is 0.0499. The third-order valence-electron chi connectivity index (χ3n) is 4.98. The van der Waals surface area contributed by atoms with Crippen LogP contribution in [0, 0.1) is 0 Å². The van der Waals surface area contributed by atoms with Crippen molar-refractivity contribution in [2.45, 2.75) is 13.3 Å². The molecular weight excluding hydrogens is 430 g/mol. The molecule has 1 aliphatic heterocycles. The van der Waals surface area contributed by atoms with Crippen molar-refractivity contribution in [3.63, 3.8) is 0 Å². The summed E-state index contributed by atoms with van der Waals surface area (Å²) in [5, 5.41) is 5.14. The molecule has 2 amide bonds. The van der Waals surface area contributed by atoms with Crippen LogP contribution in [0.5, 0.6) is 17.2 Å². The molecule has 9 heteroatoms. The van der Waals surface area contributed by atoms with Crippen LogP contribution in [0.2, 0.25) is 0 Å². The zero-order valence-electron chi connectivity index (χ0n) is 18.0. The van der Waals surface area contributed by atoms with Crippen molar-refractivity contribution in [1.82, 2.24) is 4.98 Å². The van der Waals surface area contributed by atoms with Crippen molar-refractivity contribution >= 4 is 34.0 Å². The van der Waals surface area contributed by atoms with Gasteiger partial charge in [0.05, 0.1) is 25.6 Å². The summed E-state index contributed by atoms with van der Waals surface area (Å²) in [6.45, 7) is 2.70. The zero-order chi connectivity index (χ0) is 22.7. The maximum absolute atomic E-state index is 12.7. The maximum Gasteiger partial charge on any atom is 0.265 e. The third kappa shape index (κ3) is 4.38. The Morgan fingerprint density at radius 2 is 1.94 bits per heavy atom. The van der Waals surface area contributed by atoms with Crippen LogP contribution in [0.3, 0.4) is 0 Å². The summed E-state index contributed by atoms with van der Waals surface area (Å²) in [5.74, 6) is 1.35. The Kier molecular flexibility index (Phi) is 6.27. The van der Waals surface area contributed by atoms with Gasteiger partial charge >= 0.3 is 0 Å². The minimum Gasteiger partial charge on any atom is -0.497 e. The van der Waals surface area contributed by atoms with Crippen LogP contribution in [0.15, 0.2) is 41.8 Å². The van der Waals surface area contributed by atoms with Gasteiger partial charge in [-0.1, -0.05) is 6.92 Å². The van der Waals surface area contributed by atoms with E-state index in [9.17, 15) is 9.59 Å². The third-order valence-corrected chi connectivity index (χ3v) is 5.74. The van der Waals surface area contributed by atoms with E-state index in [2.05, 4.69) is 10.3 Å². The number of hydrogen-bond acceptors (Lipinski definition) is 7. The maximum atomic E-state index is 12.7. The molecule has 1 aromatic heterocycles. The fourth-order valence-electron chi connectivity index (χ4n) is 3.40. The number of nitrogens with one attached hydrogen (secondary N) is 1. The van der Waals surface area contributed by atoms with Gasteiger partial charge in [0.1, 0.15) is 17.2 Å². The second-order valence-corrected chi connectivity index (χ2v) is 7.97. The standard InChI is InChI=1S/C23H23N3O5S/c1-4-7-26-19-10-14(5-6-20(19)31-12-21(26)27)18-13-32-23(24-18)25-22(28)15-8-16(29-2)11-17(9-15)30-3/h5-6,8-11,13H,4,7,12H2,1-3H3,(H,24,25,28). The smallest absolute Gasteiger partial charge is 0.265 e. The van der Waals surface area contributed by atoms with Gasteiger partial charge in [0, 0.05) is 29.1 Å². The van der Waals surface area contributed by atoms with E-state index in [-0.39, 0.29) is 18.4 Å². The first-order valence-electron chi connectivity index (χ1n) is 10.1. The molecule has 0 bridgehead atoms. The summed E-state index contributed by atoms with van der Waals surface area (Å²) in [7, 11) is 3.06. The summed E-state index contributed by atoms with van der Waals surface area (Å²) >= 11 is 1.32. The molecule has 0 saturated carbocycles. The lowest BCUT2D eigenvalue weighted by molar-refractivity contribution is -0.121. The van der Waals surface area contributed by atoms with E-state index >= 15 is 0 Å². The largest absolute Gasteiger partial charge is 0.497 e. The molecule has 2 heterocycles. The highest BCUT2D eigenvalue weighted by Crippen LogP contribution is 2.37. The summed E-state index contributed by atoms with van der Waals surface area (Å²) in [6.07, 6.45) is 0.845. The van der Waals surface area contributed by atoms with Crippen LogP contribution in [-0.2, 0) is 4.79 Å². The Bertz CT molecular complexity index is 1140. The number of carbonyl (C=O) groups excluding carboxylic acids is 2. The van der Waals surface area contributed by atoms with Crippen molar-refractivity contribution in [3.8, 4) is 28.5 Å². The first-order chi connectivity index (χ1) is 15.5. The van der Waals surface area contributed by atoms with Crippen LogP contribution in [-0.4, -0.2) is 44.2 Å². The highest BCUT2D eigenvalue weighted by molar-refractivity contribution is 7.14. The molecule has 1 N–H and O–H groups in total. The number of methoxy groups -OCH3 is 2. The van der Waals surface area contributed by atoms with Crippen molar-refractivity contribution in [2.75, 3.05) is 37.6 Å². The van der Waals surface area contributed by atoms with E-state index in [0.717, 1.165) is 17.7 Å². The summed E-state index contributed by atoms with van der Waals surface area (Å²) in [5.41, 5.74) is 2.68. The SMILES string of the molecule is CCCN1C(=O)COc2ccc(-c3csc(NC(=O)c4cc(OC)cc(OC)c4)n3)cc21. The Morgan fingerprint density at radius 3 is 2.62 bits per heavy atom. The molecule has 3 aromatic rings. The molecule has 0 unspecified atom stereocenters. The summed E-state index contributed by atoms with van der Waals surface area (Å²) in [4.78, 5) is 31.3. The molecule has 1 aliphatic rings. The van der Waals surface area contributed by atoms with Crippen molar-refractivity contribution in [3.05, 3.63) is 47.3 Å². The van der Waals surface area contributed by atoms with Crippen LogP contribution in [0.4, 0.5) is 10.8 Å². The molecule has 0 spiro atoms. The number of benzene rings is 2. The molecule has 166 valence electrons. The zero-order valence-corrected chi connectivity index (χ0v) is 18.8. The number of anilines is 2. The van der Waals surface area contributed by atoms with E-state index in [0.29, 0.717) is 40.2 Å². The number of ether oxygens (including phenoxy) is 3. The number of nitrogens with zero attached hydrogens (tertiary/aromatic N) is 2. The van der Waals surface area contributed by atoms with E-state index in [4.69, 9.17) is 14.2 Å². The highest BCUT2D eigenvalue weighted by Gasteiger charge is 2.25. The fraction of sp³-hybridized carbons (Fsp3) is 0.261. The van der Waals surface area contributed by atoms with Gasteiger partial charge in [-0.05, 0) is 36.8 Å². The van der Waals surface area contributed by atoms with E-state index in [1.165, 1.54) is 25.6 Å². The Morgan fingerprint density at radius 1 is 1.19 bits per heavy atom. The van der Waals surface area contributed by atoms with Gasteiger partial charge in [0.2, 0.25) is 0 Å². The van der Waals surface area contributed by atoms with Gasteiger partial charge in [-0.25, -0.2) is 4.98 Å². The van der Waals surface area contributed by atoms with Crippen LogP contribution in [0.25, 0.3) is 11.3 Å². The molecule has 0 aliphatic carbocycles. The molecule has 0 atom stereocenters. The number of carbonyl (C=O) groups is 2. The molecule has 0 fully saturated rings. The molecule has 4 rings (SSSR count). The Balaban J connectivity index is 1.56. The molecule has 8 nitrogen and oxygen atoms in total. The minimum atomic E-state index is -0.318. The van der Waals surface area contributed by atoms with Crippen LogP contribution in [0.1, 0.15) is 23.7 Å². The first kappa shape index (κ1) is 21.6. The summed E-state index contributed by atoms with van der Waals surface area (Å²) < 4.78 is 16.0. The number of rotatable bonds is 7. The van der Waals surface area contributed by atoms with Crippen LogP contribution >= 0.6 is 11.3 Å². The average Bonchev–Trinajstić information content (AvgIpc) is 3.28. The van der Waals surface area contributed by atoms with Crippen molar-refractivity contribution in [1.29, 1.82) is 0 Å². The molecule has 0 radical (unpaired) electrons. The van der Waals surface area contributed by atoms with Gasteiger partial charge < -0.3 is 19.1 Å². The monoisotopic (exact) mass is 453 g/mol. The second kappa shape index (κ2) is 9.27. The van der Waals surface area contributed by atoms with Crippen LogP contribution < -0.4 is 24.4 Å². The predicted octanol–water partition coefficient (Wildman–Crippen LogP) is 4.22. The Hall–Kier alpha value is -3.59. The first-order valence-corrected chi connectivity index (χ1v) is 11.0. The van der Waals surface area contributed by atoms with E-state index < -0.39 is 0 Å². The summed E-state index contributed by atoms with van der Waals surface area (Å²) in [6, 6.07) is 10.6. The highest BCUT2D eigenvalue weighted by atomic mass is 32.1. The molecule has 32 heavy (non-hydrogen) atoms. The molecule has 2 aromatic carbocycles. The number of hydrogen-bond donors (Lipinski definition) is 1. The van der Waals surface area contributed by atoms with Gasteiger partial charge in [-0.15, -0.1) is 11.3 Å². The lowest BCUT2D eigenvalue weighted by atomic mass is 10.1. The van der Waals surface area contributed by atoms with E-state index in [1.54, 1.807) is 23.1 Å². The van der Waals surface area contributed by atoms with Gasteiger partial charge in [-0.3, -0.25) is 14.9 Å². The number of fused-ring (bicyclic) bond motifs is 1. The number of amides is 2. The van der Waals surface area contributed by atoms with Gasteiger partial charge in [0.25, 0.3) is 11.8 Å². The van der Waals surface area contributed by atoms with Crippen molar-refractivity contribution in [2.24, 2.45) is 0 Å². The predicted molar refractivity (Wildman–Crippen MR) is 123 cm³/mol. The average molecular weight is 454 g/mol. The quantitative estimate of drug-likeness (QED) is 0.576. The second-order valence-electron chi connectivity index (χ2n) is 7.11. The lowest BCUT2D eigenvalue weighted by Gasteiger charge is -2.29. The molecule has 0 saturated heterocycles. The van der Waals surface area contributed by atoms with Gasteiger partial charge in [0.15, 0.2) is 11.7 Å². The number of thiazole rings is 1. The fourth-order valence-corrected chi connectivity index (χ4v) is 4.12. The van der Waals surface area contributed by atoms with Gasteiger partial charge in [-0.2, -0.15) is 0 Å². The van der Waals surface area contributed by atoms with Crippen molar-refractivity contribution < 1.29 is 23.8 Å². The van der Waals surface area contributed by atoms with E-state index in [1.807, 2.05) is 30.5 Å². The topological polar surface area (TPSA) is 90.0 Å². The lowest BCUT2D eigenvalue weighted by Crippen LogP contribution is -2.39. The molecular formula is C23H23N3O5S. The normalized spacial score (nSPS) is 12.7.